The largest absolute Gasteiger partial charge is 0.418 e. The van der Waals surface area contributed by atoms with Crippen molar-refractivity contribution in [1.29, 1.82) is 0 Å². The van der Waals surface area contributed by atoms with E-state index >= 15 is 0 Å². The van der Waals surface area contributed by atoms with E-state index in [9.17, 15) is 13.2 Å². The summed E-state index contributed by atoms with van der Waals surface area (Å²) in [5.74, 6) is 0. The molecule has 0 saturated heterocycles. The summed E-state index contributed by atoms with van der Waals surface area (Å²) < 4.78 is 39.5. The zero-order chi connectivity index (χ0) is 14.7. The van der Waals surface area contributed by atoms with Gasteiger partial charge in [0.25, 0.3) is 0 Å². The lowest BCUT2D eigenvalue weighted by atomic mass is 9.92. The monoisotopic (exact) mass is 338 g/mol. The molecule has 19 heavy (non-hydrogen) atoms. The van der Waals surface area contributed by atoms with Crippen LogP contribution in [0.3, 0.4) is 0 Å². The maximum absolute atomic E-state index is 13.0. The third-order valence-electron chi connectivity index (χ3n) is 3.43. The highest BCUT2D eigenvalue weighted by atomic mass is 79.9. The molecule has 108 valence electrons. The van der Waals surface area contributed by atoms with Crippen LogP contribution in [0.1, 0.15) is 32.3 Å². The number of nitrogens with two attached hydrogens (primary N) is 1. The van der Waals surface area contributed by atoms with Crippen molar-refractivity contribution in [3.05, 3.63) is 28.2 Å². The first-order valence-corrected chi connectivity index (χ1v) is 6.92. The number of alkyl halides is 3. The third kappa shape index (κ3) is 3.86. The van der Waals surface area contributed by atoms with Gasteiger partial charge in [-0.1, -0.05) is 29.8 Å². The summed E-state index contributed by atoms with van der Waals surface area (Å²) in [7, 11) is 0. The van der Waals surface area contributed by atoms with Gasteiger partial charge in [-0.25, -0.2) is 0 Å². The van der Waals surface area contributed by atoms with Crippen molar-refractivity contribution in [2.24, 2.45) is 5.73 Å². The molecule has 6 heteroatoms. The van der Waals surface area contributed by atoms with Crippen LogP contribution >= 0.6 is 15.9 Å². The average molecular weight is 339 g/mol. The molecule has 3 N–H and O–H groups in total. The van der Waals surface area contributed by atoms with Crippen molar-refractivity contribution < 1.29 is 13.2 Å². The van der Waals surface area contributed by atoms with E-state index < -0.39 is 17.3 Å². The van der Waals surface area contributed by atoms with Crippen LogP contribution in [0, 0.1) is 0 Å². The van der Waals surface area contributed by atoms with Gasteiger partial charge in [-0.3, -0.25) is 0 Å². The van der Waals surface area contributed by atoms with Crippen LogP contribution in [0.15, 0.2) is 22.7 Å². The zero-order valence-electron chi connectivity index (χ0n) is 10.9. The van der Waals surface area contributed by atoms with Crippen molar-refractivity contribution in [2.75, 3.05) is 11.9 Å². The highest BCUT2D eigenvalue weighted by Crippen LogP contribution is 2.38. The van der Waals surface area contributed by atoms with Crippen molar-refractivity contribution in [1.82, 2.24) is 0 Å². The normalized spacial score (nSPS) is 12.6. The molecule has 0 spiro atoms. The zero-order valence-corrected chi connectivity index (χ0v) is 12.5. The van der Waals surface area contributed by atoms with Gasteiger partial charge in [-0.15, -0.1) is 0 Å². The molecule has 1 aromatic carbocycles. The van der Waals surface area contributed by atoms with E-state index in [4.69, 9.17) is 5.73 Å². The van der Waals surface area contributed by atoms with Gasteiger partial charge in [-0.05, 0) is 31.0 Å². The van der Waals surface area contributed by atoms with Gasteiger partial charge in [0.2, 0.25) is 0 Å². The van der Waals surface area contributed by atoms with E-state index in [-0.39, 0.29) is 12.2 Å². The fraction of sp³-hybridized carbons (Fsp3) is 0.538. The molecule has 0 radical (unpaired) electrons. The molecule has 0 fully saturated rings. The molecule has 0 aromatic heterocycles. The lowest BCUT2D eigenvalue weighted by Crippen LogP contribution is -2.44. The number of nitrogens with one attached hydrogen (secondary N) is 1. The second-order valence-corrected chi connectivity index (χ2v) is 5.42. The van der Waals surface area contributed by atoms with Gasteiger partial charge >= 0.3 is 6.18 Å². The van der Waals surface area contributed by atoms with Crippen molar-refractivity contribution >= 4 is 21.6 Å². The summed E-state index contributed by atoms with van der Waals surface area (Å²) in [5.41, 5.74) is 4.60. The molecule has 2 nitrogen and oxygen atoms in total. The van der Waals surface area contributed by atoms with Crippen molar-refractivity contribution in [3.63, 3.8) is 0 Å². The molecule has 0 bridgehead atoms. The first-order chi connectivity index (χ1) is 8.78. The molecule has 0 saturated carbocycles. The third-order valence-corrected chi connectivity index (χ3v) is 3.92. The molecular weight excluding hydrogens is 321 g/mol. The summed E-state index contributed by atoms with van der Waals surface area (Å²) in [5, 5.41) is 2.98. The molecule has 0 aliphatic carbocycles. The second kappa shape index (κ2) is 6.13. The topological polar surface area (TPSA) is 38.0 Å². The van der Waals surface area contributed by atoms with E-state index in [2.05, 4.69) is 21.2 Å². The number of hydrogen-bond acceptors (Lipinski definition) is 2. The first-order valence-electron chi connectivity index (χ1n) is 6.13. The van der Waals surface area contributed by atoms with Crippen LogP contribution in [-0.2, 0) is 6.18 Å². The van der Waals surface area contributed by atoms with Gasteiger partial charge in [-0.2, -0.15) is 13.2 Å². The molecule has 0 atom stereocenters. The Morgan fingerprint density at radius 1 is 1.21 bits per heavy atom. The summed E-state index contributed by atoms with van der Waals surface area (Å²) >= 11 is 3.20. The Kier molecular flexibility index (Phi) is 5.26. The molecule has 0 amide bonds. The summed E-state index contributed by atoms with van der Waals surface area (Å²) in [6.07, 6.45) is -3.07. The van der Waals surface area contributed by atoms with Crippen LogP contribution in [0.25, 0.3) is 0 Å². The van der Waals surface area contributed by atoms with Crippen LogP contribution < -0.4 is 11.1 Å². The van der Waals surface area contributed by atoms with E-state index in [1.807, 2.05) is 13.8 Å². The molecule has 0 heterocycles. The standard InChI is InChI=1S/C13H18BrF3N2/c1-3-12(4-2,8-18)19-11-7-9(14)5-6-10(11)13(15,16)17/h5-7,19H,3-4,8,18H2,1-2H3. The van der Waals surface area contributed by atoms with E-state index in [1.165, 1.54) is 12.1 Å². The van der Waals surface area contributed by atoms with E-state index in [1.54, 1.807) is 0 Å². The number of anilines is 1. The predicted octanol–water partition coefficient (Wildman–Crippen LogP) is 4.40. The van der Waals surface area contributed by atoms with Gasteiger partial charge in [0, 0.05) is 22.2 Å². The quantitative estimate of drug-likeness (QED) is 0.835. The Bertz CT molecular complexity index is 420. The van der Waals surface area contributed by atoms with E-state index in [0.29, 0.717) is 17.3 Å². The number of halogens is 4. The summed E-state index contributed by atoms with van der Waals surface area (Å²) in [4.78, 5) is 0. The number of rotatable bonds is 5. The van der Waals surface area contributed by atoms with Crippen molar-refractivity contribution in [2.45, 2.75) is 38.4 Å². The van der Waals surface area contributed by atoms with Gasteiger partial charge in [0.05, 0.1) is 5.56 Å². The lowest BCUT2D eigenvalue weighted by molar-refractivity contribution is -0.137. The van der Waals surface area contributed by atoms with Gasteiger partial charge in [0.15, 0.2) is 0 Å². The van der Waals surface area contributed by atoms with Crippen LogP contribution in [0.2, 0.25) is 0 Å². The fourth-order valence-electron chi connectivity index (χ4n) is 1.92. The molecule has 1 rings (SSSR count). The van der Waals surface area contributed by atoms with Crippen LogP contribution in [0.5, 0.6) is 0 Å². The van der Waals surface area contributed by atoms with Gasteiger partial charge in [0.1, 0.15) is 0 Å². The fourth-order valence-corrected chi connectivity index (χ4v) is 2.28. The minimum absolute atomic E-state index is 0.0658. The maximum Gasteiger partial charge on any atom is 0.418 e. The SMILES string of the molecule is CCC(CC)(CN)Nc1cc(Br)ccc1C(F)(F)F. The lowest BCUT2D eigenvalue weighted by Gasteiger charge is -2.33. The Labute approximate surface area is 119 Å². The molecular formula is C13H18BrF3N2. The Morgan fingerprint density at radius 3 is 2.21 bits per heavy atom. The Morgan fingerprint density at radius 2 is 1.79 bits per heavy atom. The molecule has 1 aromatic rings. The van der Waals surface area contributed by atoms with E-state index in [0.717, 1.165) is 6.07 Å². The summed E-state index contributed by atoms with van der Waals surface area (Å²) in [6.45, 7) is 4.10. The average Bonchev–Trinajstić information content (AvgIpc) is 2.34. The van der Waals surface area contributed by atoms with Gasteiger partial charge < -0.3 is 11.1 Å². The smallest absolute Gasteiger partial charge is 0.378 e. The highest BCUT2D eigenvalue weighted by Gasteiger charge is 2.35. The van der Waals surface area contributed by atoms with Crippen molar-refractivity contribution in [3.8, 4) is 0 Å². The summed E-state index contributed by atoms with van der Waals surface area (Å²) in [6, 6.07) is 3.90. The second-order valence-electron chi connectivity index (χ2n) is 4.50. The van der Waals surface area contributed by atoms with Crippen LogP contribution in [0.4, 0.5) is 18.9 Å². The Balaban J connectivity index is 3.22. The molecule has 0 aliphatic rings. The highest BCUT2D eigenvalue weighted by molar-refractivity contribution is 9.10. The maximum atomic E-state index is 13.0. The minimum Gasteiger partial charge on any atom is -0.378 e. The minimum atomic E-state index is -4.38. The number of benzene rings is 1. The predicted molar refractivity (Wildman–Crippen MR) is 75.1 cm³/mol. The first kappa shape index (κ1) is 16.3. The molecule has 0 aliphatic heterocycles. The number of hydrogen-bond donors (Lipinski definition) is 2. The Hall–Kier alpha value is -0.750. The van der Waals surface area contributed by atoms with Crippen LogP contribution in [-0.4, -0.2) is 12.1 Å². The molecule has 0 unspecified atom stereocenters.